The summed E-state index contributed by atoms with van der Waals surface area (Å²) < 4.78 is 102. The van der Waals surface area contributed by atoms with Crippen molar-refractivity contribution in [3.8, 4) is 0 Å². The molecule has 0 amide bonds. The maximum atomic E-state index is 15.2. The van der Waals surface area contributed by atoms with Crippen LogP contribution in [0.4, 0.5) is 13.2 Å². The number of ether oxygens (including phenoxy) is 1. The Hall–Kier alpha value is -3.83. The Bertz CT molecular complexity index is 2770. The fourth-order valence-electron chi connectivity index (χ4n) is 6.97. The summed E-state index contributed by atoms with van der Waals surface area (Å²) in [5.74, 6) is -1.52. The average Bonchev–Trinajstić information content (AvgIpc) is 3.62. The number of aromatic nitrogens is 4. The van der Waals surface area contributed by atoms with Gasteiger partial charge in [-0.1, -0.05) is 18.2 Å². The zero-order valence-corrected chi connectivity index (χ0v) is 32.3. The van der Waals surface area contributed by atoms with E-state index >= 15 is 8.78 Å². The number of H-pyrrole nitrogens is 1. The van der Waals surface area contributed by atoms with Crippen LogP contribution in [0.15, 0.2) is 91.8 Å². The second kappa shape index (κ2) is 13.9. The Morgan fingerprint density at radius 3 is 2.04 bits per heavy atom. The summed E-state index contributed by atoms with van der Waals surface area (Å²) >= 11 is 6.71. The molecule has 8 rings (SSSR count). The molecule has 1 aliphatic heterocycles. The molecule has 0 radical (unpaired) electrons. The lowest BCUT2D eigenvalue weighted by atomic mass is 9.86. The molecule has 0 spiro atoms. The maximum absolute atomic E-state index is 15.2. The van der Waals surface area contributed by atoms with E-state index in [1.54, 1.807) is 47.3 Å². The van der Waals surface area contributed by atoms with Crippen LogP contribution >= 0.6 is 31.9 Å². The highest BCUT2D eigenvalue weighted by Gasteiger charge is 2.34. The van der Waals surface area contributed by atoms with Crippen LogP contribution in [0.25, 0.3) is 43.9 Å². The molecule has 0 unspecified atom stereocenters. The molecule has 1 fully saturated rings. The molecule has 16 heteroatoms. The molecular weight excluding hydrogens is 849 g/mol. The van der Waals surface area contributed by atoms with Crippen molar-refractivity contribution in [2.24, 2.45) is 5.92 Å². The summed E-state index contributed by atoms with van der Waals surface area (Å²) in [7, 11) is -7.17. The fraction of sp³-hybridized carbons (Fsp3) is 0.222. The number of hydrogen-bond acceptors (Lipinski definition) is 7. The van der Waals surface area contributed by atoms with Gasteiger partial charge in [0.05, 0.1) is 59.7 Å². The van der Waals surface area contributed by atoms with Gasteiger partial charge < -0.3 is 14.3 Å². The van der Waals surface area contributed by atoms with Gasteiger partial charge >= 0.3 is 0 Å². The van der Waals surface area contributed by atoms with Crippen molar-refractivity contribution in [2.75, 3.05) is 25.7 Å². The van der Waals surface area contributed by atoms with Crippen molar-refractivity contribution in [1.29, 1.82) is 0 Å². The first-order valence-electron chi connectivity index (χ1n) is 15.9. The highest BCUT2D eigenvalue weighted by Crippen LogP contribution is 2.44. The topological polar surface area (TPSA) is 124 Å². The predicted molar refractivity (Wildman–Crippen MR) is 200 cm³/mol. The van der Waals surface area contributed by atoms with Crippen LogP contribution in [0, 0.1) is 23.4 Å². The van der Waals surface area contributed by atoms with Crippen LogP contribution in [-0.2, 0) is 24.4 Å². The van der Waals surface area contributed by atoms with Gasteiger partial charge in [0.15, 0.2) is 19.7 Å². The second-order valence-electron chi connectivity index (χ2n) is 12.6. The standard InChI is InChI=1S/C24H21BrF2N2O3S.C12H8BrFN2O2S/c1-33(30,31)20-7-6-18(27)21-22-19(12-15(25)13-28-22)29(24(20)21)23(14-8-10-32-11-9-14)16-4-2-3-5-17(16)26;1-19(17,18)9-3-2-7(14)10-11-8(16-12(9)10)4-6(13)5-15-11/h2-7,12-14,23H,8-11H2,1H3;2-5,16H,1H3/t23-;/m0./s1. The third kappa shape index (κ3) is 6.63. The van der Waals surface area contributed by atoms with E-state index in [2.05, 4.69) is 46.8 Å². The van der Waals surface area contributed by atoms with Gasteiger partial charge in [-0.15, -0.1) is 0 Å². The lowest BCUT2D eigenvalue weighted by Crippen LogP contribution is -2.28. The Morgan fingerprint density at radius 1 is 0.788 bits per heavy atom. The van der Waals surface area contributed by atoms with Gasteiger partial charge in [0.25, 0.3) is 0 Å². The molecule has 270 valence electrons. The minimum atomic E-state index is -3.73. The SMILES string of the molecule is CS(=O)(=O)c1ccc(F)c2c1[nH]c1cc(Br)cnc12.CS(=O)(=O)c1ccc(F)c2c3ncc(Br)cc3n([C@H](c3ccccc3F)C3CCOCC3)c12. The van der Waals surface area contributed by atoms with E-state index in [1.807, 2.05) is 0 Å². The molecule has 1 atom stereocenters. The smallest absolute Gasteiger partial charge is 0.177 e. The summed E-state index contributed by atoms with van der Waals surface area (Å²) in [4.78, 5) is 11.6. The number of pyridine rings is 2. The Kier molecular flexibility index (Phi) is 9.74. The maximum Gasteiger partial charge on any atom is 0.177 e. The molecule has 7 aromatic rings. The van der Waals surface area contributed by atoms with Gasteiger partial charge in [-0.3, -0.25) is 9.97 Å². The van der Waals surface area contributed by atoms with Gasteiger partial charge in [-0.25, -0.2) is 30.0 Å². The first-order chi connectivity index (χ1) is 24.6. The van der Waals surface area contributed by atoms with Crippen LogP contribution in [0.5, 0.6) is 0 Å². The molecular formula is C36H29Br2F3N4O5S2. The molecule has 0 saturated carbocycles. The van der Waals surface area contributed by atoms with Crippen molar-refractivity contribution < 1.29 is 34.7 Å². The van der Waals surface area contributed by atoms with E-state index in [4.69, 9.17) is 4.74 Å². The van der Waals surface area contributed by atoms with E-state index in [1.165, 1.54) is 18.2 Å². The molecule has 5 heterocycles. The number of rotatable bonds is 5. The molecule has 1 saturated heterocycles. The number of halogens is 5. The third-order valence-corrected chi connectivity index (χ3v) is 12.3. The molecule has 1 aliphatic rings. The van der Waals surface area contributed by atoms with Crippen LogP contribution in [0.2, 0.25) is 0 Å². The summed E-state index contributed by atoms with van der Waals surface area (Å²) in [6, 6.07) is 14.2. The first-order valence-corrected chi connectivity index (χ1v) is 21.3. The molecule has 3 aromatic carbocycles. The summed E-state index contributed by atoms with van der Waals surface area (Å²) in [5, 5.41) is 0.319. The summed E-state index contributed by atoms with van der Waals surface area (Å²) in [6.07, 6.45) is 6.59. The normalized spacial score (nSPS) is 15.0. The van der Waals surface area contributed by atoms with Gasteiger partial charge in [0, 0.05) is 52.6 Å². The number of nitrogens with one attached hydrogen (secondary N) is 1. The molecule has 52 heavy (non-hydrogen) atoms. The minimum absolute atomic E-state index is 0.0126. The zero-order chi connectivity index (χ0) is 37.1. The number of nitrogens with zero attached hydrogens (tertiary/aromatic N) is 3. The lowest BCUT2D eigenvalue weighted by Gasteiger charge is -2.33. The number of aromatic amines is 1. The van der Waals surface area contributed by atoms with Crippen LogP contribution < -0.4 is 0 Å². The Labute approximate surface area is 313 Å². The van der Waals surface area contributed by atoms with Crippen molar-refractivity contribution in [1.82, 2.24) is 19.5 Å². The molecule has 1 N–H and O–H groups in total. The largest absolute Gasteiger partial charge is 0.381 e. The van der Waals surface area contributed by atoms with Crippen molar-refractivity contribution in [3.05, 3.63) is 105 Å². The fourth-order valence-corrected chi connectivity index (χ4v) is 9.32. The van der Waals surface area contributed by atoms with E-state index in [-0.39, 0.29) is 37.5 Å². The van der Waals surface area contributed by atoms with Crippen LogP contribution in [0.1, 0.15) is 24.4 Å². The van der Waals surface area contributed by atoms with Gasteiger partial charge in [0.1, 0.15) is 17.5 Å². The lowest BCUT2D eigenvalue weighted by molar-refractivity contribution is 0.0548. The molecule has 4 aromatic heterocycles. The molecule has 9 nitrogen and oxygen atoms in total. The van der Waals surface area contributed by atoms with E-state index in [0.29, 0.717) is 58.2 Å². The van der Waals surface area contributed by atoms with Crippen molar-refractivity contribution in [2.45, 2.75) is 28.7 Å². The molecule has 0 bridgehead atoms. The van der Waals surface area contributed by atoms with E-state index in [9.17, 15) is 21.2 Å². The quantitative estimate of drug-likeness (QED) is 0.172. The van der Waals surface area contributed by atoms with Crippen LogP contribution in [0.3, 0.4) is 0 Å². The summed E-state index contributed by atoms with van der Waals surface area (Å²) in [6.45, 7) is 1.03. The van der Waals surface area contributed by atoms with Gasteiger partial charge in [-0.05, 0) is 93.1 Å². The van der Waals surface area contributed by atoms with E-state index in [0.717, 1.165) is 29.1 Å². The third-order valence-electron chi connectivity index (χ3n) is 9.14. The number of benzene rings is 3. The summed E-state index contributed by atoms with van der Waals surface area (Å²) in [5.41, 5.74) is 2.76. The van der Waals surface area contributed by atoms with Crippen LogP contribution in [-0.4, -0.2) is 62.1 Å². The minimum Gasteiger partial charge on any atom is -0.381 e. The van der Waals surface area contributed by atoms with Crippen molar-refractivity contribution >= 4 is 95.4 Å². The first kappa shape index (κ1) is 36.5. The zero-order valence-electron chi connectivity index (χ0n) is 27.5. The molecule has 0 aliphatic carbocycles. The predicted octanol–water partition coefficient (Wildman–Crippen LogP) is 8.67. The van der Waals surface area contributed by atoms with E-state index < -0.39 is 43.2 Å². The van der Waals surface area contributed by atoms with Crippen molar-refractivity contribution in [3.63, 3.8) is 0 Å². The number of hydrogen-bond donors (Lipinski definition) is 1. The number of fused-ring (bicyclic) bond motifs is 6. The second-order valence-corrected chi connectivity index (χ2v) is 18.4. The van der Waals surface area contributed by atoms with Gasteiger partial charge in [0.2, 0.25) is 0 Å². The Morgan fingerprint density at radius 2 is 1.38 bits per heavy atom. The Balaban J connectivity index is 0.000000187. The highest BCUT2D eigenvalue weighted by molar-refractivity contribution is 9.10. The monoisotopic (exact) mass is 876 g/mol. The van der Waals surface area contributed by atoms with Gasteiger partial charge in [-0.2, -0.15) is 0 Å². The average molecular weight is 879 g/mol. The highest BCUT2D eigenvalue weighted by atomic mass is 79.9. The number of sulfone groups is 2.